The maximum absolute atomic E-state index is 13.8. The third kappa shape index (κ3) is 3.15. The van der Waals surface area contributed by atoms with Crippen molar-refractivity contribution < 1.29 is 22.4 Å². The zero-order chi connectivity index (χ0) is 18.4. The molecule has 9 heteroatoms. The molecule has 2 aromatic rings. The fourth-order valence-corrected chi connectivity index (χ4v) is 2.99. The van der Waals surface area contributed by atoms with Gasteiger partial charge in [0.25, 0.3) is 0 Å². The summed E-state index contributed by atoms with van der Waals surface area (Å²) in [6, 6.07) is 7.07. The average Bonchev–Trinajstić information content (AvgIpc) is 2.95. The van der Waals surface area contributed by atoms with Crippen LogP contribution in [0.2, 0.25) is 10.0 Å². The molecule has 3 rings (SSSR count). The van der Waals surface area contributed by atoms with Crippen molar-refractivity contribution in [3.63, 3.8) is 0 Å². The molecule has 0 amide bonds. The van der Waals surface area contributed by atoms with Gasteiger partial charge in [-0.3, -0.25) is 10.3 Å². The smallest absolute Gasteiger partial charge is 0.396 e. The Labute approximate surface area is 149 Å². The monoisotopic (exact) mass is 392 g/mol. The number of alkyl halides is 3. The Morgan fingerprint density at radius 2 is 1.68 bits per heavy atom. The summed E-state index contributed by atoms with van der Waals surface area (Å²) >= 11 is 11.7. The number of hydroxylamine groups is 1. The molecule has 2 aromatic carbocycles. The van der Waals surface area contributed by atoms with Crippen molar-refractivity contribution in [2.45, 2.75) is 11.8 Å². The third-order valence-electron chi connectivity index (χ3n) is 3.69. The molecule has 0 saturated carbocycles. The lowest BCUT2D eigenvalue weighted by molar-refractivity contribution is -0.269. The second-order valence-electron chi connectivity index (χ2n) is 5.39. The zero-order valence-corrected chi connectivity index (χ0v) is 13.8. The quantitative estimate of drug-likeness (QED) is 0.555. The van der Waals surface area contributed by atoms with E-state index in [-0.39, 0.29) is 32.6 Å². The minimum Gasteiger partial charge on any atom is -0.396 e. The van der Waals surface area contributed by atoms with Crippen LogP contribution in [0.15, 0.2) is 42.5 Å². The van der Waals surface area contributed by atoms with Gasteiger partial charge in [0.1, 0.15) is 5.82 Å². The van der Waals surface area contributed by atoms with Gasteiger partial charge in [-0.05, 0) is 42.5 Å². The summed E-state index contributed by atoms with van der Waals surface area (Å²) in [6.07, 6.45) is -3.98. The van der Waals surface area contributed by atoms with Gasteiger partial charge in [0.2, 0.25) is 5.60 Å². The molecule has 0 spiro atoms. The van der Waals surface area contributed by atoms with E-state index in [4.69, 9.17) is 33.8 Å². The maximum Gasteiger partial charge on any atom is 0.428 e. The van der Waals surface area contributed by atoms with Crippen LogP contribution in [-0.4, -0.2) is 6.18 Å². The van der Waals surface area contributed by atoms with Crippen LogP contribution in [0.5, 0.6) is 0 Å². The van der Waals surface area contributed by atoms with Crippen molar-refractivity contribution in [2.24, 2.45) is 0 Å². The molecule has 3 N–H and O–H groups in total. The molecule has 0 radical (unpaired) electrons. The van der Waals surface area contributed by atoms with Crippen LogP contribution < -0.4 is 11.2 Å². The Balaban J connectivity index is 2.15. The first-order valence-corrected chi connectivity index (χ1v) is 7.63. The van der Waals surface area contributed by atoms with Gasteiger partial charge in [0, 0.05) is 21.2 Å². The zero-order valence-electron chi connectivity index (χ0n) is 12.3. The Kier molecular flexibility index (Phi) is 4.35. The van der Waals surface area contributed by atoms with E-state index >= 15 is 0 Å². The predicted molar refractivity (Wildman–Crippen MR) is 87.2 cm³/mol. The highest BCUT2D eigenvalue weighted by molar-refractivity contribution is 6.34. The lowest BCUT2D eigenvalue weighted by atomic mass is 9.91. The Bertz CT molecular complexity index is 849. The van der Waals surface area contributed by atoms with E-state index < -0.39 is 17.6 Å². The van der Waals surface area contributed by atoms with Gasteiger partial charge in [0.05, 0.1) is 11.4 Å². The topological polar surface area (TPSA) is 47.3 Å². The molecule has 0 bridgehead atoms. The second kappa shape index (κ2) is 6.09. The molecule has 0 aromatic heterocycles. The molecule has 0 fully saturated rings. The standard InChI is InChI=1S/C16H10Cl2F4N2O/c17-10-4-9(5-11(18)6-10)15(16(20,21)22)7-14(24-25-15)8-1-2-12(19)13(23)3-8/h1-7,24H,23H2. The van der Waals surface area contributed by atoms with Crippen LogP contribution in [0.25, 0.3) is 5.70 Å². The molecule has 1 aliphatic rings. The summed E-state index contributed by atoms with van der Waals surface area (Å²) in [5, 5.41) is 0.0604. The fourth-order valence-electron chi connectivity index (χ4n) is 2.47. The van der Waals surface area contributed by atoms with Gasteiger partial charge in [0.15, 0.2) is 0 Å². The lowest BCUT2D eigenvalue weighted by Gasteiger charge is -2.28. The van der Waals surface area contributed by atoms with E-state index in [1.165, 1.54) is 18.2 Å². The van der Waals surface area contributed by atoms with Crippen molar-refractivity contribution in [1.82, 2.24) is 5.48 Å². The van der Waals surface area contributed by atoms with Crippen molar-refractivity contribution in [1.29, 1.82) is 0 Å². The van der Waals surface area contributed by atoms with Gasteiger partial charge in [-0.15, -0.1) is 0 Å². The normalized spacial score (nSPS) is 20.3. The maximum atomic E-state index is 13.8. The average molecular weight is 393 g/mol. The summed E-state index contributed by atoms with van der Waals surface area (Å²) in [7, 11) is 0. The summed E-state index contributed by atoms with van der Waals surface area (Å²) in [6.45, 7) is 0. The van der Waals surface area contributed by atoms with E-state index in [0.717, 1.165) is 24.3 Å². The van der Waals surface area contributed by atoms with E-state index in [0.29, 0.717) is 0 Å². The van der Waals surface area contributed by atoms with Gasteiger partial charge >= 0.3 is 6.18 Å². The predicted octanol–water partition coefficient (Wildman–Crippen LogP) is 5.05. The van der Waals surface area contributed by atoms with Crippen LogP contribution >= 0.6 is 23.2 Å². The van der Waals surface area contributed by atoms with Crippen LogP contribution in [0.3, 0.4) is 0 Å². The van der Waals surface area contributed by atoms with Crippen molar-refractivity contribution in [3.05, 3.63) is 69.5 Å². The number of hydrogen-bond donors (Lipinski definition) is 2. The highest BCUT2D eigenvalue weighted by Crippen LogP contribution is 2.48. The van der Waals surface area contributed by atoms with Gasteiger partial charge in [-0.25, -0.2) is 4.39 Å². The molecule has 1 heterocycles. The number of benzene rings is 2. The minimum absolute atomic E-state index is 0.0138. The minimum atomic E-state index is -4.82. The lowest BCUT2D eigenvalue weighted by Crippen LogP contribution is -2.42. The first kappa shape index (κ1) is 17.8. The van der Waals surface area contributed by atoms with E-state index in [1.54, 1.807) is 0 Å². The molecule has 3 nitrogen and oxygen atoms in total. The van der Waals surface area contributed by atoms with Crippen LogP contribution in [-0.2, 0) is 10.4 Å². The first-order chi connectivity index (χ1) is 11.6. The number of halogens is 6. The summed E-state index contributed by atoms with van der Waals surface area (Å²) in [4.78, 5) is 4.92. The van der Waals surface area contributed by atoms with E-state index in [9.17, 15) is 17.6 Å². The van der Waals surface area contributed by atoms with Crippen molar-refractivity contribution >= 4 is 34.6 Å². The summed E-state index contributed by atoms with van der Waals surface area (Å²) in [5.41, 5.74) is 4.62. The molecule has 1 unspecified atom stereocenters. The largest absolute Gasteiger partial charge is 0.428 e. The highest BCUT2D eigenvalue weighted by atomic mass is 35.5. The van der Waals surface area contributed by atoms with Crippen molar-refractivity contribution in [2.75, 3.05) is 5.73 Å². The third-order valence-corrected chi connectivity index (χ3v) is 4.13. The van der Waals surface area contributed by atoms with E-state index in [2.05, 4.69) is 5.48 Å². The number of hydrogen-bond acceptors (Lipinski definition) is 3. The van der Waals surface area contributed by atoms with Crippen LogP contribution in [0.1, 0.15) is 11.1 Å². The van der Waals surface area contributed by atoms with Gasteiger partial charge in [-0.1, -0.05) is 23.2 Å². The number of rotatable bonds is 2. The highest BCUT2D eigenvalue weighted by Gasteiger charge is 2.59. The Hall–Kier alpha value is -1.96. The van der Waals surface area contributed by atoms with Crippen LogP contribution in [0.4, 0.5) is 23.2 Å². The van der Waals surface area contributed by atoms with Crippen LogP contribution in [0, 0.1) is 5.82 Å². The fraction of sp³-hybridized carbons (Fsp3) is 0.125. The molecule has 132 valence electrons. The molecule has 0 aliphatic carbocycles. The SMILES string of the molecule is Nc1cc(C2=CC(c3cc(Cl)cc(Cl)c3)(C(F)(F)F)ON2)ccc1F. The Morgan fingerprint density at radius 3 is 2.24 bits per heavy atom. The first-order valence-electron chi connectivity index (χ1n) is 6.88. The number of nitrogens with two attached hydrogens (primary N) is 1. The summed E-state index contributed by atoms with van der Waals surface area (Å²) in [5.74, 6) is -0.674. The van der Waals surface area contributed by atoms with Gasteiger partial charge in [-0.2, -0.15) is 13.2 Å². The second-order valence-corrected chi connectivity index (χ2v) is 6.26. The molecule has 1 aliphatic heterocycles. The molecule has 1 atom stereocenters. The number of nitrogens with one attached hydrogen (secondary N) is 1. The Morgan fingerprint density at radius 1 is 1.04 bits per heavy atom. The van der Waals surface area contributed by atoms with E-state index in [1.807, 2.05) is 0 Å². The molecule has 0 saturated heterocycles. The summed E-state index contributed by atoms with van der Waals surface area (Å²) < 4.78 is 54.7. The molecular formula is C16H10Cl2F4N2O. The van der Waals surface area contributed by atoms with Crippen molar-refractivity contribution in [3.8, 4) is 0 Å². The molecule has 25 heavy (non-hydrogen) atoms. The molecular weight excluding hydrogens is 383 g/mol. The number of anilines is 1. The van der Waals surface area contributed by atoms with Gasteiger partial charge < -0.3 is 5.73 Å². The number of nitrogen functional groups attached to an aromatic ring is 1.